The summed E-state index contributed by atoms with van der Waals surface area (Å²) in [6.07, 6.45) is 2.84. The van der Waals surface area contributed by atoms with Crippen molar-refractivity contribution in [2.45, 2.75) is 17.9 Å². The fraction of sp³-hybridized carbons (Fsp3) is 0.238. The Labute approximate surface area is 226 Å². The van der Waals surface area contributed by atoms with E-state index < -0.39 is 31.8 Å². The number of thioether (sulfide) groups is 1. The summed E-state index contributed by atoms with van der Waals surface area (Å²) in [6.45, 7) is -0.0245. The number of sulfonamides is 1. The number of thiazole rings is 1. The fourth-order valence-electron chi connectivity index (χ4n) is 3.64. The molecule has 192 valence electrons. The van der Waals surface area contributed by atoms with E-state index in [-0.39, 0.29) is 19.5 Å². The van der Waals surface area contributed by atoms with Crippen LogP contribution in [0.5, 0.6) is 0 Å². The van der Waals surface area contributed by atoms with Crippen LogP contribution in [0.1, 0.15) is 11.4 Å². The summed E-state index contributed by atoms with van der Waals surface area (Å²) in [5.74, 6) is -1.22. The lowest BCUT2D eigenvalue weighted by Crippen LogP contribution is -2.45. The van der Waals surface area contributed by atoms with E-state index in [0.717, 1.165) is 26.6 Å². The molecule has 0 spiro atoms. The fourth-order valence-corrected chi connectivity index (χ4v) is 7.20. The Morgan fingerprint density at radius 1 is 1.14 bits per heavy atom. The van der Waals surface area contributed by atoms with E-state index >= 15 is 0 Å². The minimum atomic E-state index is -4.37. The van der Waals surface area contributed by atoms with Crippen LogP contribution < -0.4 is 14.2 Å². The number of hydrogen-bond donors (Lipinski definition) is 1. The highest BCUT2D eigenvalue weighted by atomic mass is 35.5. The first kappa shape index (κ1) is 27.2. The standard InChI is InChI=1S/C21H19Cl2N3O6S4/c1-35(28,29)24-19(27)12-26-16-10-14(23)4-6-18(16)34-21(26)11-20-25(7-2-8-36(30,31)32)15-9-13(22)3-5-17(15)33-20/h3-6,9-11H,2,7-8,12H2,1H3,(H-,24,27,30,31,32). The van der Waals surface area contributed by atoms with Gasteiger partial charge in [-0.05, 0) is 36.8 Å². The van der Waals surface area contributed by atoms with Gasteiger partial charge in [0.05, 0.1) is 33.2 Å². The molecule has 0 radical (unpaired) electrons. The molecule has 0 atom stereocenters. The van der Waals surface area contributed by atoms with Crippen LogP contribution in [-0.2, 0) is 31.5 Å². The van der Waals surface area contributed by atoms with Gasteiger partial charge in [0.25, 0.3) is 10.9 Å². The second-order valence-electron chi connectivity index (χ2n) is 7.90. The molecule has 0 unspecified atom stereocenters. The molecule has 2 aromatic carbocycles. The van der Waals surface area contributed by atoms with Gasteiger partial charge >= 0.3 is 0 Å². The quantitative estimate of drug-likeness (QED) is 0.305. The van der Waals surface area contributed by atoms with Crippen molar-refractivity contribution >= 4 is 94.3 Å². The van der Waals surface area contributed by atoms with Gasteiger partial charge in [0.1, 0.15) is 4.70 Å². The van der Waals surface area contributed by atoms with E-state index in [1.54, 1.807) is 28.8 Å². The lowest BCUT2D eigenvalue weighted by Gasteiger charge is -2.20. The maximum Gasteiger partial charge on any atom is 0.299 e. The first-order chi connectivity index (χ1) is 16.8. The van der Waals surface area contributed by atoms with E-state index in [9.17, 15) is 26.2 Å². The Kier molecular flexibility index (Phi) is 7.91. The van der Waals surface area contributed by atoms with Crippen molar-refractivity contribution in [3.8, 4) is 0 Å². The van der Waals surface area contributed by atoms with Gasteiger partial charge in [0.15, 0.2) is 0 Å². The largest absolute Gasteiger partial charge is 0.748 e. The Hall–Kier alpha value is -1.87. The Morgan fingerprint density at radius 3 is 2.53 bits per heavy atom. The van der Waals surface area contributed by atoms with Gasteiger partial charge in [0, 0.05) is 33.3 Å². The molecule has 36 heavy (non-hydrogen) atoms. The van der Waals surface area contributed by atoms with Crippen LogP contribution in [0.2, 0.25) is 10.0 Å². The molecule has 1 aliphatic rings. The zero-order chi connectivity index (χ0) is 26.3. The van der Waals surface area contributed by atoms with Gasteiger partial charge in [0.2, 0.25) is 22.1 Å². The van der Waals surface area contributed by atoms with Crippen molar-refractivity contribution in [2.75, 3.05) is 23.5 Å². The van der Waals surface area contributed by atoms with Crippen molar-refractivity contribution in [2.24, 2.45) is 0 Å². The molecule has 9 nitrogen and oxygen atoms in total. The van der Waals surface area contributed by atoms with Crippen LogP contribution in [0.4, 0.5) is 5.69 Å². The number of hydrogen-bond acceptors (Lipinski definition) is 9. The van der Waals surface area contributed by atoms with Crippen LogP contribution in [0.25, 0.3) is 16.3 Å². The number of fused-ring (bicyclic) bond motifs is 2. The topological polar surface area (TPSA) is 128 Å². The SMILES string of the molecule is CS(=O)(=O)NC(=O)C[n+]1c(/C=C2\Sc3ccc(Cl)cc3N2CCCS(=O)(=O)[O-])sc2ccc(Cl)cc21. The molecule has 1 aliphatic heterocycles. The number of anilines is 1. The highest BCUT2D eigenvalue weighted by Crippen LogP contribution is 2.47. The maximum absolute atomic E-state index is 12.5. The minimum absolute atomic E-state index is 0.106. The summed E-state index contributed by atoms with van der Waals surface area (Å²) in [7, 11) is -8.12. The first-order valence-corrected chi connectivity index (χ1v) is 16.2. The number of benzene rings is 2. The number of aromatic nitrogens is 1. The van der Waals surface area contributed by atoms with Crippen molar-refractivity contribution < 1.29 is 30.7 Å². The predicted octanol–water partition coefficient (Wildman–Crippen LogP) is 3.42. The van der Waals surface area contributed by atoms with Crippen molar-refractivity contribution in [1.82, 2.24) is 4.72 Å². The van der Waals surface area contributed by atoms with Crippen LogP contribution in [0.3, 0.4) is 0 Å². The molecule has 0 bridgehead atoms. The summed E-state index contributed by atoms with van der Waals surface area (Å²) in [5, 5.41) is 2.32. The normalized spacial score (nSPS) is 15.0. The molecule has 3 aromatic rings. The molecule has 4 rings (SSSR count). The van der Waals surface area contributed by atoms with Crippen LogP contribution in [0.15, 0.2) is 46.3 Å². The zero-order valence-electron chi connectivity index (χ0n) is 18.6. The summed E-state index contributed by atoms with van der Waals surface area (Å²) < 4.78 is 61.0. The summed E-state index contributed by atoms with van der Waals surface area (Å²) in [6, 6.07) is 10.6. The van der Waals surface area contributed by atoms with E-state index in [0.29, 0.717) is 20.6 Å². The third kappa shape index (κ3) is 6.71. The maximum atomic E-state index is 12.5. The number of rotatable bonds is 8. The lowest BCUT2D eigenvalue weighted by molar-refractivity contribution is -0.655. The Balaban J connectivity index is 1.77. The lowest BCUT2D eigenvalue weighted by atomic mass is 10.2. The third-order valence-corrected chi connectivity index (χ3v) is 9.09. The smallest absolute Gasteiger partial charge is 0.299 e. The number of amides is 1. The number of halogens is 2. The van der Waals surface area contributed by atoms with E-state index in [1.165, 1.54) is 23.1 Å². The van der Waals surface area contributed by atoms with Gasteiger partial charge in [-0.2, -0.15) is 4.57 Å². The van der Waals surface area contributed by atoms with Crippen molar-refractivity contribution in [3.05, 3.63) is 56.5 Å². The molecule has 1 amide bonds. The van der Waals surface area contributed by atoms with Gasteiger partial charge in [-0.3, -0.25) is 4.79 Å². The zero-order valence-corrected chi connectivity index (χ0v) is 23.4. The van der Waals surface area contributed by atoms with Crippen LogP contribution in [-0.4, -0.2) is 45.8 Å². The number of carbonyl (C=O) groups is 1. The van der Waals surface area contributed by atoms with Crippen LogP contribution >= 0.6 is 46.3 Å². The third-order valence-electron chi connectivity index (χ3n) is 5.01. The Bertz CT molecular complexity index is 1600. The Morgan fingerprint density at radius 2 is 1.83 bits per heavy atom. The van der Waals surface area contributed by atoms with Gasteiger partial charge in [-0.1, -0.05) is 46.3 Å². The van der Waals surface area contributed by atoms with Crippen molar-refractivity contribution in [3.63, 3.8) is 0 Å². The number of carbonyl (C=O) groups excluding carboxylic acids is 1. The molecule has 0 saturated heterocycles. The van der Waals surface area contributed by atoms with Crippen LogP contribution in [0, 0.1) is 0 Å². The molecule has 0 saturated carbocycles. The van der Waals surface area contributed by atoms with Crippen molar-refractivity contribution in [1.29, 1.82) is 0 Å². The molecule has 15 heteroatoms. The average molecular weight is 609 g/mol. The van der Waals surface area contributed by atoms with E-state index in [4.69, 9.17) is 23.2 Å². The van der Waals surface area contributed by atoms with Gasteiger partial charge in [-0.15, -0.1) is 0 Å². The molecule has 2 heterocycles. The minimum Gasteiger partial charge on any atom is -0.748 e. The molecule has 0 fully saturated rings. The second-order valence-corrected chi connectivity index (χ2v) is 14.2. The molecule has 0 aliphatic carbocycles. The average Bonchev–Trinajstić information content (AvgIpc) is 3.24. The summed E-state index contributed by atoms with van der Waals surface area (Å²) in [4.78, 5) is 15.2. The molecular weight excluding hydrogens is 589 g/mol. The van der Waals surface area contributed by atoms with Gasteiger partial charge in [-0.25, -0.2) is 21.6 Å². The van der Waals surface area contributed by atoms with E-state index in [1.807, 2.05) is 27.8 Å². The molecular formula is C21H19Cl2N3O6S4. The highest BCUT2D eigenvalue weighted by Gasteiger charge is 2.29. The number of nitrogens with zero attached hydrogens (tertiary/aromatic N) is 2. The first-order valence-electron chi connectivity index (χ1n) is 10.3. The molecule has 1 aromatic heterocycles. The second kappa shape index (κ2) is 10.5. The summed E-state index contributed by atoms with van der Waals surface area (Å²) in [5.41, 5.74) is 1.42. The monoisotopic (exact) mass is 607 g/mol. The van der Waals surface area contributed by atoms with E-state index in [2.05, 4.69) is 0 Å². The number of nitrogens with one attached hydrogen (secondary N) is 1. The summed E-state index contributed by atoms with van der Waals surface area (Å²) >= 11 is 15.2. The predicted molar refractivity (Wildman–Crippen MR) is 142 cm³/mol. The van der Waals surface area contributed by atoms with Gasteiger partial charge < -0.3 is 9.45 Å². The highest BCUT2D eigenvalue weighted by molar-refractivity contribution is 8.04. The molecule has 1 N–H and O–H groups in total.